The van der Waals surface area contributed by atoms with Crippen LogP contribution in [0.2, 0.25) is 0 Å². The average molecular weight is 283 g/mol. The van der Waals surface area contributed by atoms with Gasteiger partial charge in [0, 0.05) is 19.7 Å². The Morgan fingerprint density at radius 2 is 2.25 bits per heavy atom. The van der Waals surface area contributed by atoms with Crippen LogP contribution in [-0.2, 0) is 0 Å². The van der Waals surface area contributed by atoms with E-state index in [2.05, 4.69) is 10.1 Å². The van der Waals surface area contributed by atoms with Gasteiger partial charge in [-0.15, -0.1) is 0 Å². The molecule has 0 atom stereocenters. The molecule has 9 heteroatoms. The highest BCUT2D eigenvalue weighted by Gasteiger charge is 2.22. The van der Waals surface area contributed by atoms with Crippen molar-refractivity contribution in [3.63, 3.8) is 0 Å². The van der Waals surface area contributed by atoms with Crippen LogP contribution >= 0.6 is 0 Å². The first-order chi connectivity index (χ1) is 9.15. The number of amidine groups is 1. The number of anilines is 1. The zero-order valence-electron chi connectivity index (χ0n) is 11.4. The largest absolute Gasteiger partial charge is 0.409 e. The smallest absolute Gasteiger partial charge is 0.288 e. The molecule has 9 nitrogen and oxygen atoms in total. The zero-order chi connectivity index (χ0) is 15.5. The lowest BCUT2D eigenvalue weighted by Crippen LogP contribution is -2.37. The van der Waals surface area contributed by atoms with Gasteiger partial charge >= 0.3 is 0 Å². The molecular formula is C11H17N5O4. The van der Waals surface area contributed by atoms with E-state index >= 15 is 0 Å². The minimum atomic E-state index is -0.999. The molecule has 1 heterocycles. The normalized spacial score (nSPS) is 12.3. The maximum absolute atomic E-state index is 10.7. The number of pyridine rings is 1. The van der Waals surface area contributed by atoms with Gasteiger partial charge in [0.1, 0.15) is 12.0 Å². The Bertz CT molecular complexity index is 538. The van der Waals surface area contributed by atoms with Gasteiger partial charge < -0.3 is 20.9 Å². The van der Waals surface area contributed by atoms with Gasteiger partial charge in [0.2, 0.25) is 0 Å². The van der Waals surface area contributed by atoms with E-state index in [1.165, 1.54) is 0 Å². The summed E-state index contributed by atoms with van der Waals surface area (Å²) in [6, 6.07) is 1.16. The van der Waals surface area contributed by atoms with E-state index in [0.29, 0.717) is 0 Å². The van der Waals surface area contributed by atoms with E-state index < -0.39 is 10.5 Å². The second kappa shape index (κ2) is 5.70. The van der Waals surface area contributed by atoms with E-state index in [9.17, 15) is 15.2 Å². The van der Waals surface area contributed by atoms with Crippen molar-refractivity contribution < 1.29 is 15.2 Å². The van der Waals surface area contributed by atoms with Crippen LogP contribution in [0.1, 0.15) is 19.4 Å². The zero-order valence-corrected chi connectivity index (χ0v) is 11.4. The van der Waals surface area contributed by atoms with Gasteiger partial charge in [0.05, 0.1) is 16.1 Å². The first-order valence-corrected chi connectivity index (χ1v) is 5.71. The number of oxime groups is 1. The second-order valence-corrected chi connectivity index (χ2v) is 4.98. The van der Waals surface area contributed by atoms with Crippen LogP contribution in [0.25, 0.3) is 0 Å². The quantitative estimate of drug-likeness (QED) is 0.232. The summed E-state index contributed by atoms with van der Waals surface area (Å²) in [6.07, 6.45) is 1.07. The van der Waals surface area contributed by atoms with Gasteiger partial charge in [0.25, 0.3) is 5.69 Å². The van der Waals surface area contributed by atoms with E-state index in [-0.39, 0.29) is 29.4 Å². The molecular weight excluding hydrogens is 266 g/mol. The number of likely N-dealkylation sites (N-methyl/N-ethyl adjacent to an activating group) is 1. The highest BCUT2D eigenvalue weighted by atomic mass is 16.6. The molecule has 0 radical (unpaired) electrons. The van der Waals surface area contributed by atoms with Crippen LogP contribution in [0, 0.1) is 10.1 Å². The number of rotatable bonds is 5. The molecule has 1 rings (SSSR count). The molecule has 0 aromatic carbocycles. The van der Waals surface area contributed by atoms with Crippen LogP contribution in [0.4, 0.5) is 11.5 Å². The number of nitrogens with zero attached hydrogens (tertiary/aromatic N) is 4. The average Bonchev–Trinajstić information content (AvgIpc) is 2.34. The fraction of sp³-hybridized carbons (Fsp3) is 0.455. The third-order valence-electron chi connectivity index (χ3n) is 2.43. The number of nitro groups is 1. The minimum absolute atomic E-state index is 0.119. The number of aromatic nitrogens is 1. The van der Waals surface area contributed by atoms with E-state index in [4.69, 9.17) is 10.9 Å². The van der Waals surface area contributed by atoms with Crippen molar-refractivity contribution in [2.45, 2.75) is 19.4 Å². The standard InChI is InChI=1S/C11H17N5O4/c1-11(2,17)6-15(3)10-8(9(12)14-18)4-7(5-13-10)16(19)20/h4-5,17-18H,6H2,1-3H3,(H2,12,14). The number of aliphatic hydroxyl groups is 1. The molecule has 0 amide bonds. The van der Waals surface area contributed by atoms with Gasteiger partial charge in [0.15, 0.2) is 5.84 Å². The molecule has 0 saturated carbocycles. The molecule has 0 bridgehead atoms. The number of nitrogens with two attached hydrogens (primary N) is 1. The highest BCUT2D eigenvalue weighted by Crippen LogP contribution is 2.22. The summed E-state index contributed by atoms with van der Waals surface area (Å²) in [6.45, 7) is 3.43. The maximum Gasteiger partial charge on any atom is 0.288 e. The van der Waals surface area contributed by atoms with Crippen molar-refractivity contribution >= 4 is 17.3 Å². The first kappa shape index (κ1) is 15.6. The van der Waals surface area contributed by atoms with Crippen LogP contribution in [0.15, 0.2) is 17.4 Å². The Labute approximate surface area is 115 Å². The van der Waals surface area contributed by atoms with E-state index in [1.54, 1.807) is 25.8 Å². The molecule has 0 aliphatic rings. The predicted octanol–water partition coefficient (Wildman–Crippen LogP) is 0.291. The summed E-state index contributed by atoms with van der Waals surface area (Å²) in [5, 5.41) is 32.1. The van der Waals surface area contributed by atoms with Crippen molar-refractivity contribution in [2.24, 2.45) is 10.9 Å². The molecule has 0 aliphatic heterocycles. The fourth-order valence-corrected chi connectivity index (χ4v) is 1.75. The summed E-state index contributed by atoms with van der Waals surface area (Å²) in [5.41, 5.74) is 4.36. The molecule has 110 valence electrons. The van der Waals surface area contributed by atoms with Crippen molar-refractivity contribution in [2.75, 3.05) is 18.5 Å². The minimum Gasteiger partial charge on any atom is -0.409 e. The summed E-state index contributed by atoms with van der Waals surface area (Å²) < 4.78 is 0. The molecule has 1 aromatic rings. The number of hydrogen-bond acceptors (Lipinski definition) is 7. The molecule has 0 fully saturated rings. The van der Waals surface area contributed by atoms with Gasteiger partial charge in [-0.05, 0) is 13.8 Å². The molecule has 4 N–H and O–H groups in total. The van der Waals surface area contributed by atoms with Crippen LogP contribution in [0.5, 0.6) is 0 Å². The summed E-state index contributed by atoms with van der Waals surface area (Å²) in [5.74, 6) is -0.0215. The van der Waals surface area contributed by atoms with Gasteiger partial charge in [-0.2, -0.15) is 0 Å². The molecule has 0 aliphatic carbocycles. The lowest BCUT2D eigenvalue weighted by atomic mass is 10.1. The van der Waals surface area contributed by atoms with Crippen LogP contribution in [0.3, 0.4) is 0 Å². The Hall–Kier alpha value is -2.42. The summed E-state index contributed by atoms with van der Waals surface area (Å²) in [4.78, 5) is 15.6. The van der Waals surface area contributed by atoms with Crippen LogP contribution in [-0.4, -0.2) is 45.3 Å². The third kappa shape index (κ3) is 3.79. The van der Waals surface area contributed by atoms with Crippen molar-refractivity contribution in [3.8, 4) is 0 Å². The Morgan fingerprint density at radius 1 is 1.65 bits per heavy atom. The monoisotopic (exact) mass is 283 g/mol. The van der Waals surface area contributed by atoms with Crippen molar-refractivity contribution in [3.05, 3.63) is 27.9 Å². The number of hydrogen-bond donors (Lipinski definition) is 3. The molecule has 0 spiro atoms. The molecule has 20 heavy (non-hydrogen) atoms. The highest BCUT2D eigenvalue weighted by molar-refractivity contribution is 6.01. The van der Waals surface area contributed by atoms with Crippen molar-refractivity contribution in [1.29, 1.82) is 0 Å². The molecule has 0 unspecified atom stereocenters. The Kier molecular flexibility index (Phi) is 4.45. The van der Waals surface area contributed by atoms with Gasteiger partial charge in [-0.25, -0.2) is 4.98 Å². The second-order valence-electron chi connectivity index (χ2n) is 4.98. The lowest BCUT2D eigenvalue weighted by Gasteiger charge is -2.27. The van der Waals surface area contributed by atoms with E-state index in [1.807, 2.05) is 0 Å². The Morgan fingerprint density at radius 3 is 2.70 bits per heavy atom. The molecule has 0 saturated heterocycles. The third-order valence-corrected chi connectivity index (χ3v) is 2.43. The maximum atomic E-state index is 10.7. The topological polar surface area (TPSA) is 138 Å². The first-order valence-electron chi connectivity index (χ1n) is 5.71. The molecule has 1 aromatic heterocycles. The lowest BCUT2D eigenvalue weighted by molar-refractivity contribution is -0.385. The van der Waals surface area contributed by atoms with Crippen molar-refractivity contribution in [1.82, 2.24) is 4.98 Å². The Balaban J connectivity index is 3.28. The SMILES string of the molecule is CN(CC(C)(C)O)c1ncc([N+](=O)[O-])cc1C(N)=NO. The summed E-state index contributed by atoms with van der Waals surface area (Å²) in [7, 11) is 1.64. The predicted molar refractivity (Wildman–Crippen MR) is 73.0 cm³/mol. The van der Waals surface area contributed by atoms with Gasteiger partial charge in [-0.3, -0.25) is 10.1 Å². The fourth-order valence-electron chi connectivity index (χ4n) is 1.75. The van der Waals surface area contributed by atoms with Gasteiger partial charge in [-0.1, -0.05) is 5.16 Å². The summed E-state index contributed by atoms with van der Waals surface area (Å²) >= 11 is 0. The van der Waals surface area contributed by atoms with E-state index in [0.717, 1.165) is 12.3 Å². The van der Waals surface area contributed by atoms with Crippen LogP contribution < -0.4 is 10.6 Å².